The van der Waals surface area contributed by atoms with Gasteiger partial charge in [-0.1, -0.05) is 0 Å². The minimum Gasteiger partial charge on any atom is -0.480 e. The molecule has 0 aromatic carbocycles. The topological polar surface area (TPSA) is 95.9 Å². The van der Waals surface area contributed by atoms with Crippen molar-refractivity contribution in [2.45, 2.75) is 45.2 Å². The van der Waals surface area contributed by atoms with E-state index in [1.165, 1.54) is 0 Å². The minimum absolute atomic E-state index is 0.0484. The summed E-state index contributed by atoms with van der Waals surface area (Å²) in [5.74, 6) is -1.96. The zero-order valence-corrected chi connectivity index (χ0v) is 12.8. The van der Waals surface area contributed by atoms with Gasteiger partial charge in [0.1, 0.15) is 6.04 Å². The molecule has 0 radical (unpaired) electrons. The van der Waals surface area contributed by atoms with E-state index in [0.717, 1.165) is 0 Å². The second-order valence-electron chi connectivity index (χ2n) is 5.58. The lowest BCUT2D eigenvalue weighted by atomic mass is 10.1. The van der Waals surface area contributed by atoms with Crippen LogP contribution in [-0.4, -0.2) is 60.1 Å². The number of hydrogen-bond donors (Lipinski definition) is 2. The molecule has 7 heteroatoms. The van der Waals surface area contributed by atoms with E-state index in [4.69, 9.17) is 9.84 Å². The number of methoxy groups -OCH3 is 1. The van der Waals surface area contributed by atoms with Crippen LogP contribution in [0.4, 0.5) is 0 Å². The van der Waals surface area contributed by atoms with Gasteiger partial charge in [0.25, 0.3) is 0 Å². The van der Waals surface area contributed by atoms with Gasteiger partial charge in [0, 0.05) is 32.7 Å². The van der Waals surface area contributed by atoms with Gasteiger partial charge in [-0.15, -0.1) is 0 Å². The first kappa shape index (κ1) is 17.4. The Bertz CT molecular complexity index is 397. The third-order valence-corrected chi connectivity index (χ3v) is 3.61. The molecule has 120 valence electrons. The van der Waals surface area contributed by atoms with Crippen LogP contribution < -0.4 is 5.32 Å². The summed E-state index contributed by atoms with van der Waals surface area (Å²) in [6, 6.07) is -0.886. The Morgan fingerprint density at radius 3 is 2.62 bits per heavy atom. The molecule has 2 atom stereocenters. The van der Waals surface area contributed by atoms with Crippen LogP contribution in [0.25, 0.3) is 0 Å². The average molecular weight is 300 g/mol. The number of nitrogens with zero attached hydrogens (tertiary/aromatic N) is 1. The number of carboxylic acids is 1. The Morgan fingerprint density at radius 1 is 1.48 bits per heavy atom. The maximum absolute atomic E-state index is 12.1. The summed E-state index contributed by atoms with van der Waals surface area (Å²) in [6.07, 6.45) is 1.01. The van der Waals surface area contributed by atoms with Crippen LogP contribution in [0.1, 0.15) is 33.1 Å². The van der Waals surface area contributed by atoms with Gasteiger partial charge in [0.2, 0.25) is 11.8 Å². The van der Waals surface area contributed by atoms with Crippen molar-refractivity contribution in [1.82, 2.24) is 10.2 Å². The zero-order chi connectivity index (χ0) is 16.0. The van der Waals surface area contributed by atoms with Crippen molar-refractivity contribution in [3.05, 3.63) is 0 Å². The highest BCUT2D eigenvalue weighted by molar-refractivity contribution is 5.91. The summed E-state index contributed by atoms with van der Waals surface area (Å²) >= 11 is 0. The molecule has 1 fully saturated rings. The lowest BCUT2D eigenvalue weighted by molar-refractivity contribution is -0.142. The number of carbonyl (C=O) groups excluding carboxylic acids is 2. The summed E-state index contributed by atoms with van der Waals surface area (Å²) in [5.41, 5.74) is 0. The smallest absolute Gasteiger partial charge is 0.326 e. The molecular weight excluding hydrogens is 276 g/mol. The van der Waals surface area contributed by atoms with Crippen LogP contribution in [0.15, 0.2) is 0 Å². The predicted molar refractivity (Wildman–Crippen MR) is 75.6 cm³/mol. The van der Waals surface area contributed by atoms with Crippen molar-refractivity contribution in [3.8, 4) is 0 Å². The molecule has 0 aliphatic carbocycles. The molecule has 21 heavy (non-hydrogen) atoms. The summed E-state index contributed by atoms with van der Waals surface area (Å²) < 4.78 is 4.87. The van der Waals surface area contributed by atoms with Crippen molar-refractivity contribution in [1.29, 1.82) is 0 Å². The molecule has 1 heterocycles. The van der Waals surface area contributed by atoms with Gasteiger partial charge in [0.05, 0.1) is 5.92 Å². The highest BCUT2D eigenvalue weighted by atomic mass is 16.5. The Hall–Kier alpha value is -1.63. The van der Waals surface area contributed by atoms with Crippen molar-refractivity contribution in [2.75, 3.05) is 20.3 Å². The third-order valence-electron chi connectivity index (χ3n) is 3.61. The molecule has 2 unspecified atom stereocenters. The highest BCUT2D eigenvalue weighted by Crippen LogP contribution is 2.20. The number of aliphatic carboxylic acids is 1. The number of carbonyl (C=O) groups is 3. The largest absolute Gasteiger partial charge is 0.480 e. The van der Waals surface area contributed by atoms with Crippen LogP contribution in [-0.2, 0) is 19.1 Å². The van der Waals surface area contributed by atoms with E-state index in [0.29, 0.717) is 26.0 Å². The number of ether oxygens (including phenoxy) is 1. The van der Waals surface area contributed by atoms with E-state index in [2.05, 4.69) is 5.32 Å². The Kier molecular flexibility index (Phi) is 6.61. The number of rotatable bonds is 8. The lowest BCUT2D eigenvalue weighted by Gasteiger charge is -2.21. The molecule has 1 aliphatic rings. The third kappa shape index (κ3) is 5.00. The maximum Gasteiger partial charge on any atom is 0.326 e. The number of likely N-dealkylation sites (tertiary alicyclic amines) is 1. The standard InChI is InChI=1S/C14H24N2O5/c1-9(2)16-8-10(7-12(16)17)13(18)15-11(14(19)20)5-4-6-21-3/h9-11H,4-8H2,1-3H3,(H,15,18)(H,19,20). The van der Waals surface area contributed by atoms with E-state index in [-0.39, 0.29) is 24.3 Å². The molecule has 0 aromatic rings. The first-order valence-electron chi connectivity index (χ1n) is 7.18. The quantitative estimate of drug-likeness (QED) is 0.626. The van der Waals surface area contributed by atoms with Crippen LogP contribution in [0, 0.1) is 5.92 Å². The Morgan fingerprint density at radius 2 is 2.14 bits per heavy atom. The molecule has 0 spiro atoms. The number of carboxylic acid groups (broad SMARTS) is 1. The van der Waals surface area contributed by atoms with Crippen LogP contribution in [0.5, 0.6) is 0 Å². The molecule has 2 amide bonds. The number of amides is 2. The minimum atomic E-state index is -1.07. The summed E-state index contributed by atoms with van der Waals surface area (Å²) in [7, 11) is 1.54. The maximum atomic E-state index is 12.1. The molecule has 1 aliphatic heterocycles. The predicted octanol–water partition coefficient (Wildman–Crippen LogP) is 0.239. The second kappa shape index (κ2) is 7.97. The Labute approximate surface area is 124 Å². The fourth-order valence-electron chi connectivity index (χ4n) is 2.39. The van der Waals surface area contributed by atoms with Crippen LogP contribution in [0.3, 0.4) is 0 Å². The lowest BCUT2D eigenvalue weighted by Crippen LogP contribution is -2.44. The van der Waals surface area contributed by atoms with Crippen molar-refractivity contribution < 1.29 is 24.2 Å². The van der Waals surface area contributed by atoms with Gasteiger partial charge in [0.15, 0.2) is 0 Å². The zero-order valence-electron chi connectivity index (χ0n) is 12.8. The van der Waals surface area contributed by atoms with E-state index in [1.807, 2.05) is 13.8 Å². The normalized spacial score (nSPS) is 19.9. The summed E-state index contributed by atoms with van der Waals surface area (Å²) in [5, 5.41) is 11.6. The molecule has 1 saturated heterocycles. The van der Waals surface area contributed by atoms with E-state index >= 15 is 0 Å². The molecular formula is C14H24N2O5. The summed E-state index contributed by atoms with van der Waals surface area (Å²) in [4.78, 5) is 36.7. The van der Waals surface area contributed by atoms with Crippen molar-refractivity contribution >= 4 is 17.8 Å². The second-order valence-corrected chi connectivity index (χ2v) is 5.58. The van der Waals surface area contributed by atoms with Crippen LogP contribution >= 0.6 is 0 Å². The molecule has 7 nitrogen and oxygen atoms in total. The van der Waals surface area contributed by atoms with Crippen molar-refractivity contribution in [3.63, 3.8) is 0 Å². The van der Waals surface area contributed by atoms with Gasteiger partial charge in [-0.25, -0.2) is 4.79 Å². The monoisotopic (exact) mass is 300 g/mol. The van der Waals surface area contributed by atoms with E-state index in [1.54, 1.807) is 12.0 Å². The average Bonchev–Trinajstić information content (AvgIpc) is 2.79. The fraction of sp³-hybridized carbons (Fsp3) is 0.786. The van der Waals surface area contributed by atoms with Gasteiger partial charge in [-0.2, -0.15) is 0 Å². The fourth-order valence-corrected chi connectivity index (χ4v) is 2.39. The first-order chi connectivity index (χ1) is 9.86. The Balaban J connectivity index is 2.54. The molecule has 2 N–H and O–H groups in total. The molecule has 0 saturated carbocycles. The van der Waals surface area contributed by atoms with Crippen molar-refractivity contribution in [2.24, 2.45) is 5.92 Å². The molecule has 0 bridgehead atoms. The van der Waals surface area contributed by atoms with E-state index < -0.39 is 17.9 Å². The van der Waals surface area contributed by atoms with Crippen LogP contribution in [0.2, 0.25) is 0 Å². The number of hydrogen-bond acceptors (Lipinski definition) is 4. The SMILES string of the molecule is COCCCC(NC(=O)C1CC(=O)N(C(C)C)C1)C(=O)O. The van der Waals surface area contributed by atoms with Gasteiger partial charge in [-0.3, -0.25) is 9.59 Å². The first-order valence-corrected chi connectivity index (χ1v) is 7.18. The highest BCUT2D eigenvalue weighted by Gasteiger charge is 2.36. The van der Waals surface area contributed by atoms with Gasteiger partial charge < -0.3 is 20.1 Å². The molecule has 0 aromatic heterocycles. The van der Waals surface area contributed by atoms with E-state index in [9.17, 15) is 14.4 Å². The van der Waals surface area contributed by atoms with Gasteiger partial charge in [-0.05, 0) is 26.7 Å². The number of nitrogens with one attached hydrogen (secondary N) is 1. The van der Waals surface area contributed by atoms with Gasteiger partial charge >= 0.3 is 5.97 Å². The molecule has 1 rings (SSSR count). The summed E-state index contributed by atoms with van der Waals surface area (Å²) in [6.45, 7) is 4.58.